The summed E-state index contributed by atoms with van der Waals surface area (Å²) in [7, 11) is 0. The molecule has 0 radical (unpaired) electrons. The van der Waals surface area contributed by atoms with Crippen LogP contribution < -0.4 is 11.2 Å². The summed E-state index contributed by atoms with van der Waals surface area (Å²) in [6, 6.07) is 0. The van der Waals surface area contributed by atoms with E-state index in [1.807, 2.05) is 13.8 Å². The van der Waals surface area contributed by atoms with Crippen molar-refractivity contribution in [3.05, 3.63) is 27.2 Å². The van der Waals surface area contributed by atoms with Gasteiger partial charge in [0.1, 0.15) is 0 Å². The van der Waals surface area contributed by atoms with Crippen LogP contribution >= 0.6 is 0 Å². The quantitative estimate of drug-likeness (QED) is 0.712. The first-order chi connectivity index (χ1) is 12.5. The van der Waals surface area contributed by atoms with Crippen LogP contribution in [0, 0.1) is 0 Å². The maximum atomic E-state index is 13.0. The SMILES string of the molecule is CCCCn1c(=O)c2c(ncn2CC2(C)OCCO2)n(CCCC)c1=O. The van der Waals surface area contributed by atoms with Gasteiger partial charge in [0.2, 0.25) is 0 Å². The smallest absolute Gasteiger partial charge is 0.332 e. The molecule has 3 heterocycles. The number of hydrogen-bond donors (Lipinski definition) is 0. The second-order valence-corrected chi connectivity index (χ2v) is 6.97. The molecule has 144 valence electrons. The number of rotatable bonds is 8. The summed E-state index contributed by atoms with van der Waals surface area (Å²) in [5, 5.41) is 0. The van der Waals surface area contributed by atoms with Crippen LogP contribution in [-0.2, 0) is 29.1 Å². The third-order valence-electron chi connectivity index (χ3n) is 4.81. The molecule has 26 heavy (non-hydrogen) atoms. The average molecular weight is 364 g/mol. The number of aryl methyl sites for hydroxylation is 1. The Morgan fingerprint density at radius 1 is 1.08 bits per heavy atom. The van der Waals surface area contributed by atoms with Crippen molar-refractivity contribution in [3.8, 4) is 0 Å². The van der Waals surface area contributed by atoms with E-state index in [1.165, 1.54) is 4.57 Å². The molecule has 0 aromatic carbocycles. The van der Waals surface area contributed by atoms with Crippen LogP contribution in [0.15, 0.2) is 15.9 Å². The Hall–Kier alpha value is -1.93. The molecule has 1 fully saturated rings. The van der Waals surface area contributed by atoms with E-state index in [0.29, 0.717) is 44.0 Å². The van der Waals surface area contributed by atoms with Crippen LogP contribution in [-0.4, -0.2) is 37.7 Å². The van der Waals surface area contributed by atoms with E-state index in [0.717, 1.165) is 25.7 Å². The van der Waals surface area contributed by atoms with E-state index in [1.54, 1.807) is 15.5 Å². The van der Waals surface area contributed by atoms with Crippen LogP contribution in [0.1, 0.15) is 46.5 Å². The van der Waals surface area contributed by atoms with Gasteiger partial charge in [-0.05, 0) is 19.8 Å². The Morgan fingerprint density at radius 2 is 1.69 bits per heavy atom. The van der Waals surface area contributed by atoms with Crippen molar-refractivity contribution in [2.75, 3.05) is 13.2 Å². The van der Waals surface area contributed by atoms with E-state index < -0.39 is 5.79 Å². The fraction of sp³-hybridized carbons (Fsp3) is 0.722. The highest BCUT2D eigenvalue weighted by molar-refractivity contribution is 5.70. The second-order valence-electron chi connectivity index (χ2n) is 6.97. The van der Waals surface area contributed by atoms with E-state index >= 15 is 0 Å². The Labute approximate surface area is 152 Å². The lowest BCUT2D eigenvalue weighted by molar-refractivity contribution is -0.151. The predicted molar refractivity (Wildman–Crippen MR) is 98.4 cm³/mol. The highest BCUT2D eigenvalue weighted by Gasteiger charge is 2.32. The summed E-state index contributed by atoms with van der Waals surface area (Å²) in [6.07, 6.45) is 5.12. The Kier molecular flexibility index (Phi) is 5.62. The number of unbranched alkanes of at least 4 members (excludes halogenated alkanes) is 2. The minimum Gasteiger partial charge on any atom is -0.346 e. The zero-order valence-electron chi connectivity index (χ0n) is 15.9. The van der Waals surface area contributed by atoms with Crippen molar-refractivity contribution in [1.29, 1.82) is 0 Å². The summed E-state index contributed by atoms with van der Waals surface area (Å²) < 4.78 is 16.1. The molecule has 0 N–H and O–H groups in total. The lowest BCUT2D eigenvalue weighted by atomic mass is 10.3. The molecule has 0 amide bonds. The number of hydrogen-bond acceptors (Lipinski definition) is 5. The van der Waals surface area contributed by atoms with Crippen molar-refractivity contribution in [1.82, 2.24) is 18.7 Å². The number of nitrogens with zero attached hydrogens (tertiary/aromatic N) is 4. The maximum Gasteiger partial charge on any atom is 0.332 e. The first-order valence-corrected chi connectivity index (χ1v) is 9.47. The average Bonchev–Trinajstić information content (AvgIpc) is 3.22. The van der Waals surface area contributed by atoms with Crippen molar-refractivity contribution < 1.29 is 9.47 Å². The number of imidazole rings is 1. The normalized spacial score (nSPS) is 16.6. The first-order valence-electron chi connectivity index (χ1n) is 9.47. The van der Waals surface area contributed by atoms with Crippen LogP contribution in [0.2, 0.25) is 0 Å². The topological polar surface area (TPSA) is 80.3 Å². The van der Waals surface area contributed by atoms with Gasteiger partial charge < -0.3 is 14.0 Å². The lowest BCUT2D eigenvalue weighted by Crippen LogP contribution is -2.41. The van der Waals surface area contributed by atoms with Crippen molar-refractivity contribution in [2.24, 2.45) is 0 Å². The minimum absolute atomic E-state index is 0.269. The lowest BCUT2D eigenvalue weighted by Gasteiger charge is -2.23. The molecule has 1 aliphatic heterocycles. The molecule has 0 unspecified atom stereocenters. The van der Waals surface area contributed by atoms with Crippen LogP contribution in [0.25, 0.3) is 11.2 Å². The molecule has 8 nitrogen and oxygen atoms in total. The summed E-state index contributed by atoms with van der Waals surface area (Å²) in [5.74, 6) is -0.779. The molecule has 0 atom stereocenters. The van der Waals surface area contributed by atoms with Gasteiger partial charge in [-0.15, -0.1) is 0 Å². The van der Waals surface area contributed by atoms with Gasteiger partial charge in [0.25, 0.3) is 5.56 Å². The van der Waals surface area contributed by atoms with Gasteiger partial charge in [0, 0.05) is 13.1 Å². The fourth-order valence-corrected chi connectivity index (χ4v) is 3.35. The van der Waals surface area contributed by atoms with E-state index in [2.05, 4.69) is 11.9 Å². The van der Waals surface area contributed by atoms with Gasteiger partial charge in [-0.3, -0.25) is 13.9 Å². The van der Waals surface area contributed by atoms with Crippen LogP contribution in [0.3, 0.4) is 0 Å². The molecule has 2 aromatic heterocycles. The number of ether oxygens (including phenoxy) is 2. The summed E-state index contributed by atoms with van der Waals surface area (Å²) >= 11 is 0. The molecular formula is C18H28N4O4. The van der Waals surface area contributed by atoms with Gasteiger partial charge in [-0.1, -0.05) is 26.7 Å². The van der Waals surface area contributed by atoms with Crippen LogP contribution in [0.5, 0.6) is 0 Å². The number of fused-ring (bicyclic) bond motifs is 1. The zero-order valence-corrected chi connectivity index (χ0v) is 15.9. The molecule has 3 rings (SSSR count). The molecule has 1 saturated heterocycles. The van der Waals surface area contributed by atoms with Crippen molar-refractivity contribution >= 4 is 11.2 Å². The highest BCUT2D eigenvalue weighted by atomic mass is 16.7. The van der Waals surface area contributed by atoms with Gasteiger partial charge in [-0.25, -0.2) is 9.78 Å². The third-order valence-corrected chi connectivity index (χ3v) is 4.81. The monoisotopic (exact) mass is 364 g/mol. The standard InChI is InChI=1S/C18H28N4O4/c1-4-6-8-21-15-14(16(23)22(17(21)24)9-7-5-2)20(13-19-15)12-18(3)25-10-11-26-18/h13H,4-12H2,1-3H3. The molecule has 0 bridgehead atoms. The fourth-order valence-electron chi connectivity index (χ4n) is 3.35. The third kappa shape index (κ3) is 3.48. The van der Waals surface area contributed by atoms with E-state index in [9.17, 15) is 9.59 Å². The second kappa shape index (κ2) is 7.75. The molecule has 0 spiro atoms. The van der Waals surface area contributed by atoms with Gasteiger partial charge >= 0.3 is 5.69 Å². The predicted octanol–water partition coefficient (Wildman–Crippen LogP) is 1.72. The van der Waals surface area contributed by atoms with Gasteiger partial charge in [0.15, 0.2) is 17.0 Å². The highest BCUT2D eigenvalue weighted by Crippen LogP contribution is 2.22. The summed E-state index contributed by atoms with van der Waals surface area (Å²) in [5.41, 5.74) is 0.333. The largest absolute Gasteiger partial charge is 0.346 e. The Morgan fingerprint density at radius 3 is 2.31 bits per heavy atom. The van der Waals surface area contributed by atoms with Crippen LogP contribution in [0.4, 0.5) is 0 Å². The summed E-state index contributed by atoms with van der Waals surface area (Å²) in [4.78, 5) is 30.3. The van der Waals surface area contributed by atoms with Crippen molar-refractivity contribution in [3.63, 3.8) is 0 Å². The molecule has 8 heteroatoms. The molecule has 1 aliphatic rings. The maximum absolute atomic E-state index is 13.0. The molecule has 0 saturated carbocycles. The summed E-state index contributed by atoms with van der Waals surface area (Å²) in [6.45, 7) is 8.37. The van der Waals surface area contributed by atoms with E-state index in [-0.39, 0.29) is 11.2 Å². The Balaban J connectivity index is 2.13. The van der Waals surface area contributed by atoms with Crippen molar-refractivity contribution in [2.45, 2.75) is 71.9 Å². The zero-order chi connectivity index (χ0) is 18.7. The Bertz CT molecular complexity index is 874. The van der Waals surface area contributed by atoms with Gasteiger partial charge in [-0.2, -0.15) is 0 Å². The molecular weight excluding hydrogens is 336 g/mol. The minimum atomic E-state index is -0.779. The van der Waals surface area contributed by atoms with E-state index in [4.69, 9.17) is 9.47 Å². The first kappa shape index (κ1) is 18.8. The molecule has 2 aromatic rings. The number of aromatic nitrogens is 4. The molecule has 0 aliphatic carbocycles. The van der Waals surface area contributed by atoms with Gasteiger partial charge in [0.05, 0.1) is 26.1 Å².